The highest BCUT2D eigenvalue weighted by Gasteiger charge is 2.26. The molecule has 0 aliphatic heterocycles. The van der Waals surface area contributed by atoms with Crippen molar-refractivity contribution in [2.24, 2.45) is 0 Å². The quantitative estimate of drug-likeness (QED) is 0.351. The van der Waals surface area contributed by atoms with Crippen LogP contribution in [-0.4, -0.2) is 19.3 Å². The van der Waals surface area contributed by atoms with Gasteiger partial charge in [-0.15, -0.1) is 0 Å². The molecule has 0 spiro atoms. The third-order valence-corrected chi connectivity index (χ3v) is 8.41. The van der Waals surface area contributed by atoms with Gasteiger partial charge in [-0.05, 0) is 85.6 Å². The summed E-state index contributed by atoms with van der Waals surface area (Å²) in [4.78, 5) is 0. The van der Waals surface area contributed by atoms with Gasteiger partial charge in [0.1, 0.15) is 17.2 Å². The number of aryl methyl sites for hydroxylation is 2. The van der Waals surface area contributed by atoms with Gasteiger partial charge in [-0.2, -0.15) is 0 Å². The number of hydrogen-bond acceptors (Lipinski definition) is 3. The molecule has 0 amide bonds. The largest absolute Gasteiger partial charge is 0.507 e. The molecule has 6 bridgehead atoms. The van der Waals surface area contributed by atoms with Crippen LogP contribution in [0.3, 0.4) is 0 Å². The van der Waals surface area contributed by atoms with Gasteiger partial charge in [0, 0.05) is 12.8 Å². The van der Waals surface area contributed by atoms with Crippen molar-refractivity contribution >= 4 is 0 Å². The van der Waals surface area contributed by atoms with E-state index in [4.69, 9.17) is 9.47 Å². The first-order chi connectivity index (χ1) is 18.5. The lowest BCUT2D eigenvalue weighted by atomic mass is 9.80. The zero-order valence-corrected chi connectivity index (χ0v) is 26.8. The third-order valence-electron chi connectivity index (χ3n) is 8.41. The van der Waals surface area contributed by atoms with Crippen LogP contribution in [0.25, 0.3) is 0 Å². The second-order valence-corrected chi connectivity index (χ2v) is 14.8. The molecule has 0 unspecified atom stereocenters. The molecule has 1 aliphatic rings. The number of fused-ring (bicyclic) bond motifs is 6. The number of phenols is 1. The van der Waals surface area contributed by atoms with Crippen LogP contribution in [0.1, 0.15) is 119 Å². The van der Waals surface area contributed by atoms with Crippen LogP contribution < -0.4 is 9.47 Å². The highest BCUT2D eigenvalue weighted by Crippen LogP contribution is 2.41. The molecule has 40 heavy (non-hydrogen) atoms. The summed E-state index contributed by atoms with van der Waals surface area (Å²) in [5, 5.41) is 11.8. The molecule has 0 aromatic heterocycles. The van der Waals surface area contributed by atoms with Gasteiger partial charge < -0.3 is 14.6 Å². The van der Waals surface area contributed by atoms with Crippen molar-refractivity contribution in [3.05, 3.63) is 86.5 Å². The highest BCUT2D eigenvalue weighted by atomic mass is 16.5. The van der Waals surface area contributed by atoms with E-state index in [2.05, 4.69) is 98.7 Å². The van der Waals surface area contributed by atoms with E-state index < -0.39 is 0 Å². The van der Waals surface area contributed by atoms with Crippen LogP contribution in [0.15, 0.2) is 36.4 Å². The minimum Gasteiger partial charge on any atom is -0.507 e. The predicted molar refractivity (Wildman–Crippen MR) is 168 cm³/mol. The maximum atomic E-state index is 11.8. The van der Waals surface area contributed by atoms with Gasteiger partial charge in [-0.1, -0.05) is 98.7 Å². The van der Waals surface area contributed by atoms with Crippen molar-refractivity contribution < 1.29 is 14.6 Å². The van der Waals surface area contributed by atoms with E-state index in [1.807, 2.05) is 0 Å². The van der Waals surface area contributed by atoms with E-state index in [1.54, 1.807) is 14.2 Å². The number of methoxy groups -OCH3 is 2. The Bertz CT molecular complexity index is 1290. The molecule has 1 N–H and O–H groups in total. The fourth-order valence-electron chi connectivity index (χ4n) is 5.88. The Labute approximate surface area is 242 Å². The summed E-state index contributed by atoms with van der Waals surface area (Å²) < 4.78 is 12.2. The first-order valence-corrected chi connectivity index (χ1v) is 14.8. The number of phenolic OH excluding ortho intramolecular Hbond substituents is 1. The maximum absolute atomic E-state index is 11.8. The summed E-state index contributed by atoms with van der Waals surface area (Å²) in [6.45, 7) is 20.3. The van der Waals surface area contributed by atoms with Crippen molar-refractivity contribution in [2.75, 3.05) is 14.2 Å². The monoisotopic (exact) mass is 542 g/mol. The van der Waals surface area contributed by atoms with Crippen molar-refractivity contribution in [1.82, 2.24) is 0 Å². The summed E-state index contributed by atoms with van der Waals surface area (Å²) in [6.07, 6.45) is 4.06. The lowest BCUT2D eigenvalue weighted by molar-refractivity contribution is 0.400. The molecule has 3 nitrogen and oxygen atoms in total. The fraction of sp³-hybridized carbons (Fsp3) is 0.514. The van der Waals surface area contributed by atoms with Gasteiger partial charge >= 0.3 is 0 Å². The molecule has 3 heteroatoms. The summed E-state index contributed by atoms with van der Waals surface area (Å²) >= 11 is 0. The smallest absolute Gasteiger partial charge is 0.125 e. The van der Waals surface area contributed by atoms with Gasteiger partial charge in [0.2, 0.25) is 0 Å². The molecular formula is C37H50O3. The van der Waals surface area contributed by atoms with Gasteiger partial charge in [-0.3, -0.25) is 0 Å². The van der Waals surface area contributed by atoms with Crippen molar-refractivity contribution in [3.63, 3.8) is 0 Å². The Morgan fingerprint density at radius 2 is 0.800 bits per heavy atom. The van der Waals surface area contributed by atoms with Crippen molar-refractivity contribution in [2.45, 2.75) is 111 Å². The van der Waals surface area contributed by atoms with Crippen LogP contribution in [-0.2, 0) is 41.9 Å². The molecule has 0 saturated carbocycles. The first kappa shape index (κ1) is 30.0. The Morgan fingerprint density at radius 1 is 0.500 bits per heavy atom. The molecule has 0 heterocycles. The SMILES string of the molecule is COc1c2cc(C(C)(C)C)cc1Cc1cc(C(C)(C)C)cc(c1O)Cc1cc(C(C)(C)C)cc(c1OC)CCC2. The number of rotatable bonds is 2. The average Bonchev–Trinajstić information content (AvgIpc) is 2.83. The van der Waals surface area contributed by atoms with Crippen molar-refractivity contribution in [1.29, 1.82) is 0 Å². The number of ether oxygens (including phenoxy) is 2. The molecular weight excluding hydrogens is 492 g/mol. The maximum Gasteiger partial charge on any atom is 0.125 e. The van der Waals surface area contributed by atoms with Gasteiger partial charge in [-0.25, -0.2) is 0 Å². The second kappa shape index (κ2) is 10.8. The van der Waals surface area contributed by atoms with Crippen LogP contribution >= 0.6 is 0 Å². The van der Waals surface area contributed by atoms with E-state index in [1.165, 1.54) is 27.8 Å². The molecule has 0 atom stereocenters. The van der Waals surface area contributed by atoms with Crippen LogP contribution in [0.4, 0.5) is 0 Å². The highest BCUT2D eigenvalue weighted by molar-refractivity contribution is 5.56. The molecule has 0 fully saturated rings. The summed E-state index contributed by atoms with van der Waals surface area (Å²) in [5.41, 5.74) is 10.4. The number of benzene rings is 3. The Morgan fingerprint density at radius 3 is 1.10 bits per heavy atom. The molecule has 0 radical (unpaired) electrons. The van der Waals surface area contributed by atoms with Crippen LogP contribution in [0, 0.1) is 0 Å². The van der Waals surface area contributed by atoms with E-state index in [-0.39, 0.29) is 16.2 Å². The first-order valence-electron chi connectivity index (χ1n) is 14.8. The zero-order valence-electron chi connectivity index (χ0n) is 26.8. The molecule has 216 valence electrons. The van der Waals surface area contributed by atoms with E-state index in [0.717, 1.165) is 53.0 Å². The van der Waals surface area contributed by atoms with Gasteiger partial charge in [0.25, 0.3) is 0 Å². The minimum atomic E-state index is -0.0619. The normalized spacial score (nSPS) is 14.5. The van der Waals surface area contributed by atoms with Crippen molar-refractivity contribution in [3.8, 4) is 17.2 Å². The van der Waals surface area contributed by atoms with E-state index >= 15 is 0 Å². The molecule has 0 saturated heterocycles. The Kier molecular flexibility index (Phi) is 8.11. The third kappa shape index (κ3) is 6.19. The fourth-order valence-corrected chi connectivity index (χ4v) is 5.88. The Balaban J connectivity index is 2.05. The van der Waals surface area contributed by atoms with E-state index in [0.29, 0.717) is 18.6 Å². The summed E-state index contributed by atoms with van der Waals surface area (Å²) in [6, 6.07) is 13.6. The molecule has 4 rings (SSSR count). The zero-order chi connectivity index (χ0) is 29.6. The number of hydrogen-bond donors (Lipinski definition) is 1. The summed E-state index contributed by atoms with van der Waals surface area (Å²) in [5.74, 6) is 2.27. The second-order valence-electron chi connectivity index (χ2n) is 14.8. The van der Waals surface area contributed by atoms with Gasteiger partial charge in [0.15, 0.2) is 0 Å². The van der Waals surface area contributed by atoms with Crippen LogP contribution in [0.5, 0.6) is 17.2 Å². The predicted octanol–water partition coefficient (Wildman–Crippen LogP) is 8.97. The summed E-state index contributed by atoms with van der Waals surface area (Å²) in [7, 11) is 3.56. The minimum absolute atomic E-state index is 0.000826. The Hall–Kier alpha value is -2.94. The van der Waals surface area contributed by atoms with Crippen LogP contribution in [0.2, 0.25) is 0 Å². The topological polar surface area (TPSA) is 38.7 Å². The lowest BCUT2D eigenvalue weighted by Crippen LogP contribution is -2.15. The lowest BCUT2D eigenvalue weighted by Gasteiger charge is -2.27. The molecule has 3 aromatic carbocycles. The molecule has 3 aromatic rings. The standard InChI is InChI=1S/C37H50O3/c1-35(2,3)29-17-23-13-12-14-24-18-30(36(4,5)6)22-28(34(24)40-11)16-26-20-31(37(7,8)9)19-25(32(26)38)15-27(21-29)33(23)39-10/h17-22,38H,12-16H2,1-11H3. The average molecular weight is 543 g/mol. The van der Waals surface area contributed by atoms with E-state index in [9.17, 15) is 5.11 Å². The van der Waals surface area contributed by atoms with Gasteiger partial charge in [0.05, 0.1) is 14.2 Å². The number of aromatic hydroxyl groups is 1. The molecule has 1 aliphatic carbocycles.